The van der Waals surface area contributed by atoms with Gasteiger partial charge >= 0.3 is 5.82 Å². The molecule has 2 fully saturated rings. The number of carbonyl (C=O) groups is 2. The number of anilines is 3. The van der Waals surface area contributed by atoms with Crippen LogP contribution >= 0.6 is 0 Å². The van der Waals surface area contributed by atoms with Crippen molar-refractivity contribution < 1.29 is 14.5 Å². The number of aromatic nitrogens is 2. The Labute approximate surface area is 198 Å². The SMILES string of the molecule is CC(=O)N1CCN(c2ccc(N)nc2)CC1.CC(=O)N1CCN(c2ccc([N+](=O)[O-])nc2)CC1. The molecule has 0 aromatic carbocycles. The fourth-order valence-corrected chi connectivity index (χ4v) is 3.82. The first-order valence-corrected chi connectivity index (χ1v) is 11.1. The van der Waals surface area contributed by atoms with E-state index in [0.29, 0.717) is 18.9 Å². The predicted octanol–water partition coefficient (Wildman–Crippen LogP) is 0.991. The highest BCUT2D eigenvalue weighted by molar-refractivity contribution is 5.74. The minimum atomic E-state index is -0.516. The number of nitrogens with zero attached hydrogens (tertiary/aromatic N) is 7. The van der Waals surface area contributed by atoms with Crippen LogP contribution in [0.2, 0.25) is 0 Å². The van der Waals surface area contributed by atoms with Gasteiger partial charge in [-0.1, -0.05) is 0 Å². The number of hydrogen-bond donors (Lipinski definition) is 1. The summed E-state index contributed by atoms with van der Waals surface area (Å²) in [6.45, 7) is 9.22. The van der Waals surface area contributed by atoms with Gasteiger partial charge in [-0.15, -0.1) is 0 Å². The molecule has 2 aliphatic heterocycles. The Balaban J connectivity index is 0.000000192. The molecule has 2 aliphatic rings. The Morgan fingerprint density at radius 2 is 1.24 bits per heavy atom. The van der Waals surface area contributed by atoms with E-state index in [4.69, 9.17) is 5.73 Å². The number of amides is 2. The number of piperazine rings is 2. The van der Waals surface area contributed by atoms with E-state index < -0.39 is 4.92 Å². The van der Waals surface area contributed by atoms with Crippen LogP contribution < -0.4 is 15.5 Å². The third-order valence-electron chi connectivity index (χ3n) is 5.87. The number of hydrogen-bond acceptors (Lipinski definition) is 9. The summed E-state index contributed by atoms with van der Waals surface area (Å²) in [5.41, 5.74) is 7.45. The Kier molecular flexibility index (Phi) is 8.17. The fraction of sp³-hybridized carbons (Fsp3) is 0.455. The monoisotopic (exact) mass is 470 g/mol. The van der Waals surface area contributed by atoms with Gasteiger partial charge in [0, 0.05) is 72.3 Å². The van der Waals surface area contributed by atoms with Crippen LogP contribution in [0.1, 0.15) is 13.8 Å². The summed E-state index contributed by atoms with van der Waals surface area (Å²) in [7, 11) is 0. The second-order valence-corrected chi connectivity index (χ2v) is 8.06. The number of nitrogens with two attached hydrogens (primary N) is 1. The first-order chi connectivity index (χ1) is 16.2. The molecule has 182 valence electrons. The van der Waals surface area contributed by atoms with E-state index in [1.165, 1.54) is 12.3 Å². The summed E-state index contributed by atoms with van der Waals surface area (Å²) in [6.07, 6.45) is 3.28. The van der Waals surface area contributed by atoms with Gasteiger partial charge in [-0.3, -0.25) is 9.59 Å². The van der Waals surface area contributed by atoms with Gasteiger partial charge in [0.15, 0.2) is 6.20 Å². The first kappa shape index (κ1) is 24.7. The molecule has 12 heteroatoms. The van der Waals surface area contributed by atoms with E-state index in [1.807, 2.05) is 11.0 Å². The fourth-order valence-electron chi connectivity index (χ4n) is 3.82. The van der Waals surface area contributed by atoms with E-state index in [0.717, 1.165) is 50.6 Å². The summed E-state index contributed by atoms with van der Waals surface area (Å²) in [6, 6.07) is 6.85. The summed E-state index contributed by atoms with van der Waals surface area (Å²) < 4.78 is 0. The van der Waals surface area contributed by atoms with Gasteiger partial charge in [0.05, 0.1) is 17.6 Å². The normalized spacial score (nSPS) is 15.9. The van der Waals surface area contributed by atoms with Gasteiger partial charge < -0.3 is 35.4 Å². The lowest BCUT2D eigenvalue weighted by Crippen LogP contribution is -2.48. The number of pyridine rings is 2. The highest BCUT2D eigenvalue weighted by atomic mass is 16.6. The standard InChI is InChI=1S/C11H14N4O3.C11H16N4O/c1-9(16)13-4-6-14(7-5-13)10-2-3-11(12-8-10)15(17)18;1-9(16)14-4-6-15(7-5-14)10-2-3-11(12)13-8-10/h2-3,8H,4-7H2,1H3;2-3,8H,4-7H2,1H3,(H2,12,13). The van der Waals surface area contributed by atoms with Crippen molar-refractivity contribution in [1.82, 2.24) is 19.8 Å². The zero-order valence-electron chi connectivity index (χ0n) is 19.5. The number of nitrogen functional groups attached to an aromatic ring is 1. The van der Waals surface area contributed by atoms with Gasteiger partial charge in [0.25, 0.3) is 0 Å². The molecule has 0 atom stereocenters. The zero-order valence-corrected chi connectivity index (χ0v) is 19.5. The number of rotatable bonds is 3. The van der Waals surface area contributed by atoms with Gasteiger partial charge in [0.2, 0.25) is 11.8 Å². The molecule has 0 saturated carbocycles. The largest absolute Gasteiger partial charge is 0.384 e. The lowest BCUT2D eigenvalue weighted by molar-refractivity contribution is -0.389. The molecule has 12 nitrogen and oxygen atoms in total. The van der Waals surface area contributed by atoms with Crippen molar-refractivity contribution in [3.63, 3.8) is 0 Å². The smallest absolute Gasteiger partial charge is 0.363 e. The minimum Gasteiger partial charge on any atom is -0.384 e. The molecule has 0 bridgehead atoms. The average molecular weight is 471 g/mol. The molecular formula is C22H30N8O4. The molecule has 0 unspecified atom stereocenters. The summed E-state index contributed by atoms with van der Waals surface area (Å²) >= 11 is 0. The van der Waals surface area contributed by atoms with Crippen LogP contribution in [0.25, 0.3) is 0 Å². The van der Waals surface area contributed by atoms with Crippen molar-refractivity contribution in [3.05, 3.63) is 46.8 Å². The van der Waals surface area contributed by atoms with Gasteiger partial charge in [-0.25, -0.2) is 4.98 Å². The Morgan fingerprint density at radius 3 is 1.56 bits per heavy atom. The van der Waals surface area contributed by atoms with Gasteiger partial charge in [-0.2, -0.15) is 0 Å². The third kappa shape index (κ3) is 6.53. The van der Waals surface area contributed by atoms with E-state index >= 15 is 0 Å². The lowest BCUT2D eigenvalue weighted by atomic mass is 10.2. The molecule has 2 saturated heterocycles. The van der Waals surface area contributed by atoms with Crippen LogP contribution in [-0.2, 0) is 9.59 Å². The molecule has 2 aromatic heterocycles. The van der Waals surface area contributed by atoms with Crippen LogP contribution in [0.4, 0.5) is 23.0 Å². The van der Waals surface area contributed by atoms with Crippen LogP contribution in [0.5, 0.6) is 0 Å². The molecule has 2 amide bonds. The van der Waals surface area contributed by atoms with Crippen LogP contribution in [-0.4, -0.2) is 88.9 Å². The Morgan fingerprint density at radius 1 is 0.794 bits per heavy atom. The summed E-state index contributed by atoms with van der Waals surface area (Å²) in [5, 5.41) is 10.5. The van der Waals surface area contributed by atoms with Crippen LogP contribution in [0.3, 0.4) is 0 Å². The molecule has 0 aliphatic carbocycles. The molecule has 0 spiro atoms. The summed E-state index contributed by atoms with van der Waals surface area (Å²) in [4.78, 5) is 48.1. The summed E-state index contributed by atoms with van der Waals surface area (Å²) in [5.74, 6) is 0.610. The maximum absolute atomic E-state index is 11.2. The van der Waals surface area contributed by atoms with E-state index in [9.17, 15) is 19.7 Å². The maximum Gasteiger partial charge on any atom is 0.363 e. The molecule has 0 radical (unpaired) electrons. The van der Waals surface area contributed by atoms with E-state index in [1.54, 1.807) is 37.1 Å². The molecular weight excluding hydrogens is 440 g/mol. The highest BCUT2D eigenvalue weighted by Gasteiger charge is 2.20. The number of carbonyl (C=O) groups excluding carboxylic acids is 2. The molecule has 4 heterocycles. The average Bonchev–Trinajstić information content (AvgIpc) is 2.85. The van der Waals surface area contributed by atoms with Crippen molar-refractivity contribution in [1.29, 1.82) is 0 Å². The Bertz CT molecular complexity index is 983. The molecule has 2 aromatic rings. The maximum atomic E-state index is 11.2. The first-order valence-electron chi connectivity index (χ1n) is 11.1. The van der Waals surface area contributed by atoms with Crippen molar-refractivity contribution in [2.75, 3.05) is 67.9 Å². The molecule has 34 heavy (non-hydrogen) atoms. The predicted molar refractivity (Wildman–Crippen MR) is 128 cm³/mol. The van der Waals surface area contributed by atoms with E-state index in [2.05, 4.69) is 19.8 Å². The second kappa shape index (κ2) is 11.3. The van der Waals surface area contributed by atoms with Gasteiger partial charge in [-0.05, 0) is 28.1 Å². The minimum absolute atomic E-state index is 0.0801. The quantitative estimate of drug-likeness (QED) is 0.513. The van der Waals surface area contributed by atoms with Crippen molar-refractivity contribution >= 4 is 34.8 Å². The highest BCUT2D eigenvalue weighted by Crippen LogP contribution is 2.18. The third-order valence-corrected chi connectivity index (χ3v) is 5.87. The zero-order chi connectivity index (χ0) is 24.7. The van der Waals surface area contributed by atoms with Crippen molar-refractivity contribution in [3.8, 4) is 0 Å². The molecule has 4 rings (SSSR count). The number of nitro groups is 1. The van der Waals surface area contributed by atoms with E-state index in [-0.39, 0.29) is 17.6 Å². The van der Waals surface area contributed by atoms with Crippen molar-refractivity contribution in [2.45, 2.75) is 13.8 Å². The van der Waals surface area contributed by atoms with Crippen LogP contribution in [0, 0.1) is 10.1 Å². The topological polar surface area (TPSA) is 142 Å². The molecule has 2 N–H and O–H groups in total. The van der Waals surface area contributed by atoms with Gasteiger partial charge in [0.1, 0.15) is 5.82 Å². The Hall–Kier alpha value is -3.96. The second-order valence-electron chi connectivity index (χ2n) is 8.06. The van der Waals surface area contributed by atoms with Crippen molar-refractivity contribution in [2.24, 2.45) is 0 Å². The van der Waals surface area contributed by atoms with Crippen LogP contribution in [0.15, 0.2) is 36.7 Å². The lowest BCUT2D eigenvalue weighted by Gasteiger charge is -2.35.